The van der Waals surface area contributed by atoms with Crippen LogP contribution in [0.25, 0.3) is 22.3 Å². The van der Waals surface area contributed by atoms with Gasteiger partial charge in [0.15, 0.2) is 17.5 Å². The van der Waals surface area contributed by atoms with Crippen LogP contribution in [-0.4, -0.2) is 6.10 Å². The van der Waals surface area contributed by atoms with Gasteiger partial charge in [0.2, 0.25) is 0 Å². The van der Waals surface area contributed by atoms with E-state index in [0.717, 1.165) is 43.4 Å². The fourth-order valence-corrected chi connectivity index (χ4v) is 5.97. The van der Waals surface area contributed by atoms with Crippen LogP contribution >= 0.6 is 0 Å². The zero-order chi connectivity index (χ0) is 32.3. The minimum Gasteiger partial charge on any atom is -0.313 e. The predicted octanol–water partition coefficient (Wildman–Crippen LogP) is 11.4. The maximum Gasteiger partial charge on any atom is 0.389 e. The summed E-state index contributed by atoms with van der Waals surface area (Å²) in [4.78, 5) is 0. The van der Waals surface area contributed by atoms with Gasteiger partial charge in [0.05, 0.1) is 6.10 Å². The average molecular weight is 633 g/mol. The Morgan fingerprint density at radius 2 is 1.22 bits per heavy atom. The van der Waals surface area contributed by atoms with E-state index >= 15 is 22.0 Å². The number of hydrogen-bond acceptors (Lipinski definition) is 1. The standard InChI is InChI=1S/C36H32F8O/c1-2-3-4-5-21-6-8-22(9-7-21)24-12-15-28(29(37)16-24)26-19-30(38)34(31(39)20-26)36(43,44)45-27-13-10-23(11-14-27)25-17-32(40)35(42)33(41)18-25/h6-9,12,15-20,23,27H,2-5,10-11,13-14H2,1H3. The van der Waals surface area contributed by atoms with Gasteiger partial charge in [0.1, 0.15) is 23.0 Å². The fraction of sp³-hybridized carbons (Fsp3) is 0.333. The lowest BCUT2D eigenvalue weighted by atomic mass is 9.82. The molecule has 0 saturated heterocycles. The van der Waals surface area contributed by atoms with Gasteiger partial charge in [0.25, 0.3) is 0 Å². The van der Waals surface area contributed by atoms with Crippen molar-refractivity contribution < 1.29 is 39.9 Å². The Morgan fingerprint density at radius 3 is 1.80 bits per heavy atom. The molecular weight excluding hydrogens is 600 g/mol. The molecule has 1 saturated carbocycles. The van der Waals surface area contributed by atoms with Gasteiger partial charge >= 0.3 is 6.11 Å². The third-order valence-corrected chi connectivity index (χ3v) is 8.44. The highest BCUT2D eigenvalue weighted by Crippen LogP contribution is 2.42. The second kappa shape index (κ2) is 13.7. The van der Waals surface area contributed by atoms with E-state index in [-0.39, 0.29) is 42.4 Å². The normalized spacial score (nSPS) is 17.1. The van der Waals surface area contributed by atoms with Crippen molar-refractivity contribution in [3.63, 3.8) is 0 Å². The molecule has 0 unspecified atom stereocenters. The number of rotatable bonds is 10. The molecular formula is C36H32F8O. The molecule has 0 aromatic heterocycles. The van der Waals surface area contributed by atoms with Gasteiger partial charge < -0.3 is 4.74 Å². The second-order valence-electron chi connectivity index (χ2n) is 11.6. The maximum atomic E-state index is 15.2. The number of ether oxygens (including phenoxy) is 1. The van der Waals surface area contributed by atoms with Gasteiger partial charge in [0, 0.05) is 5.56 Å². The van der Waals surface area contributed by atoms with Crippen LogP contribution < -0.4 is 0 Å². The summed E-state index contributed by atoms with van der Waals surface area (Å²) in [5, 5.41) is 0. The second-order valence-corrected chi connectivity index (χ2v) is 11.6. The van der Waals surface area contributed by atoms with Gasteiger partial charge in [-0.25, -0.2) is 26.3 Å². The summed E-state index contributed by atoms with van der Waals surface area (Å²) in [6.07, 6.45) is -0.755. The van der Waals surface area contributed by atoms with Crippen molar-refractivity contribution in [2.45, 2.75) is 76.4 Å². The lowest BCUT2D eigenvalue weighted by Crippen LogP contribution is -2.31. The largest absolute Gasteiger partial charge is 0.389 e. The Balaban J connectivity index is 1.27. The van der Waals surface area contributed by atoms with Crippen LogP contribution in [0, 0.1) is 34.9 Å². The van der Waals surface area contributed by atoms with Crippen molar-refractivity contribution in [3.05, 3.63) is 118 Å². The first kappa shape index (κ1) is 32.7. The molecule has 0 bridgehead atoms. The molecule has 0 N–H and O–H groups in total. The van der Waals surface area contributed by atoms with Gasteiger partial charge in [-0.2, -0.15) is 8.78 Å². The number of unbranched alkanes of at least 4 members (excludes halogenated alkanes) is 2. The Kier molecular flexibility index (Phi) is 9.97. The lowest BCUT2D eigenvalue weighted by molar-refractivity contribution is -0.280. The van der Waals surface area contributed by atoms with Crippen molar-refractivity contribution in [1.82, 2.24) is 0 Å². The molecule has 5 rings (SSSR count). The van der Waals surface area contributed by atoms with Crippen LogP contribution in [0.4, 0.5) is 35.1 Å². The number of aryl methyl sites for hydroxylation is 1. The molecule has 4 aromatic carbocycles. The molecule has 0 aliphatic heterocycles. The van der Waals surface area contributed by atoms with E-state index in [1.54, 1.807) is 6.07 Å². The molecule has 4 aromatic rings. The van der Waals surface area contributed by atoms with E-state index in [9.17, 15) is 13.2 Å². The first-order valence-electron chi connectivity index (χ1n) is 15.1. The zero-order valence-electron chi connectivity index (χ0n) is 24.6. The third kappa shape index (κ3) is 7.40. The van der Waals surface area contributed by atoms with Crippen molar-refractivity contribution in [3.8, 4) is 22.3 Å². The average Bonchev–Trinajstić information content (AvgIpc) is 2.99. The molecule has 45 heavy (non-hydrogen) atoms. The smallest absolute Gasteiger partial charge is 0.313 e. The predicted molar refractivity (Wildman–Crippen MR) is 157 cm³/mol. The summed E-state index contributed by atoms with van der Waals surface area (Å²) in [5.74, 6) is -8.67. The first-order chi connectivity index (χ1) is 21.5. The van der Waals surface area contributed by atoms with E-state index < -0.39 is 58.6 Å². The number of hydrogen-bond donors (Lipinski definition) is 0. The zero-order valence-corrected chi connectivity index (χ0v) is 24.6. The summed E-state index contributed by atoms with van der Waals surface area (Å²) in [5.41, 5.74) is 0.678. The molecule has 0 amide bonds. The molecule has 9 heteroatoms. The Labute approximate surface area is 256 Å². The molecule has 0 radical (unpaired) electrons. The summed E-state index contributed by atoms with van der Waals surface area (Å²) in [6.45, 7) is 2.13. The molecule has 1 aliphatic rings. The highest BCUT2D eigenvalue weighted by molar-refractivity contribution is 5.71. The Hall–Kier alpha value is -3.72. The molecule has 1 nitrogen and oxygen atoms in total. The molecule has 1 fully saturated rings. The van der Waals surface area contributed by atoms with E-state index in [2.05, 4.69) is 6.92 Å². The van der Waals surface area contributed by atoms with E-state index in [4.69, 9.17) is 4.74 Å². The van der Waals surface area contributed by atoms with Crippen LogP contribution in [0.15, 0.2) is 66.7 Å². The van der Waals surface area contributed by atoms with Gasteiger partial charge in [-0.05, 0) is 103 Å². The molecule has 0 spiro atoms. The number of benzene rings is 4. The Bertz CT molecular complexity index is 1600. The van der Waals surface area contributed by atoms with Crippen LogP contribution in [0.3, 0.4) is 0 Å². The number of alkyl halides is 2. The van der Waals surface area contributed by atoms with E-state index in [1.807, 2.05) is 24.3 Å². The molecule has 0 atom stereocenters. The molecule has 238 valence electrons. The summed E-state index contributed by atoms with van der Waals surface area (Å²) >= 11 is 0. The quantitative estimate of drug-likeness (QED) is 0.0960. The lowest BCUT2D eigenvalue weighted by Gasteiger charge is -2.31. The highest BCUT2D eigenvalue weighted by Gasteiger charge is 2.43. The van der Waals surface area contributed by atoms with Crippen LogP contribution in [0.2, 0.25) is 0 Å². The fourth-order valence-electron chi connectivity index (χ4n) is 5.97. The topological polar surface area (TPSA) is 9.23 Å². The molecule has 0 heterocycles. The Morgan fingerprint density at radius 1 is 0.644 bits per heavy atom. The van der Waals surface area contributed by atoms with E-state index in [1.165, 1.54) is 17.7 Å². The third-order valence-electron chi connectivity index (χ3n) is 8.44. The van der Waals surface area contributed by atoms with Crippen molar-refractivity contribution in [1.29, 1.82) is 0 Å². The van der Waals surface area contributed by atoms with Crippen LogP contribution in [0.1, 0.15) is 74.5 Å². The van der Waals surface area contributed by atoms with Crippen molar-refractivity contribution >= 4 is 0 Å². The van der Waals surface area contributed by atoms with Gasteiger partial charge in [-0.1, -0.05) is 56.2 Å². The summed E-state index contributed by atoms with van der Waals surface area (Å²) in [6, 6.07) is 14.9. The summed E-state index contributed by atoms with van der Waals surface area (Å²) < 4.78 is 121. The van der Waals surface area contributed by atoms with Crippen molar-refractivity contribution in [2.75, 3.05) is 0 Å². The monoisotopic (exact) mass is 632 g/mol. The SMILES string of the molecule is CCCCCc1ccc(-c2ccc(-c3cc(F)c(C(F)(F)OC4CCC(c5cc(F)c(F)c(F)c5)CC4)c(F)c3)c(F)c2)cc1. The van der Waals surface area contributed by atoms with Crippen molar-refractivity contribution in [2.24, 2.45) is 0 Å². The minimum atomic E-state index is -4.34. The number of halogens is 8. The van der Waals surface area contributed by atoms with E-state index in [0.29, 0.717) is 17.7 Å². The highest BCUT2D eigenvalue weighted by atomic mass is 19.3. The molecule has 1 aliphatic carbocycles. The van der Waals surface area contributed by atoms with Gasteiger partial charge in [-0.3, -0.25) is 0 Å². The van der Waals surface area contributed by atoms with Gasteiger partial charge in [-0.15, -0.1) is 0 Å². The van der Waals surface area contributed by atoms with Crippen LogP contribution in [-0.2, 0) is 17.3 Å². The summed E-state index contributed by atoms with van der Waals surface area (Å²) in [7, 11) is 0. The minimum absolute atomic E-state index is 0.0152. The van der Waals surface area contributed by atoms with Crippen LogP contribution in [0.5, 0.6) is 0 Å². The maximum absolute atomic E-state index is 15.2. The first-order valence-corrected chi connectivity index (χ1v) is 15.1.